The molecule has 0 spiro atoms. The average molecular weight is 479 g/mol. The SMILES string of the molecule is CC[C@@H](C)NC(=O)[C@H](CC)N(Cc1ccc(C)cc1)C(=O)CSCc1c(F)cccc1Cl. The number of nitrogens with one attached hydrogen (secondary N) is 1. The Morgan fingerprint density at radius 3 is 2.41 bits per heavy atom. The molecule has 0 radical (unpaired) electrons. The summed E-state index contributed by atoms with van der Waals surface area (Å²) in [6, 6.07) is 11.9. The van der Waals surface area contributed by atoms with Crippen LogP contribution in [-0.2, 0) is 21.9 Å². The van der Waals surface area contributed by atoms with Crippen LogP contribution in [-0.4, -0.2) is 34.6 Å². The van der Waals surface area contributed by atoms with Crippen LogP contribution in [0, 0.1) is 12.7 Å². The standard InChI is InChI=1S/C25H32ClFN2O2S/c1-5-18(4)28-25(31)23(6-2)29(14-19-12-10-17(3)11-13-19)24(30)16-32-15-20-21(26)8-7-9-22(20)27/h7-13,18,23H,5-6,14-16H2,1-4H3,(H,28,31)/t18-,23+/m1/s1. The summed E-state index contributed by atoms with van der Waals surface area (Å²) in [4.78, 5) is 27.8. The minimum absolute atomic E-state index is 0.0328. The number of rotatable bonds is 11. The Morgan fingerprint density at radius 2 is 1.81 bits per heavy atom. The second-order valence-corrected chi connectivity index (χ2v) is 9.33. The molecule has 2 aromatic carbocycles. The summed E-state index contributed by atoms with van der Waals surface area (Å²) in [6.07, 6.45) is 1.32. The van der Waals surface area contributed by atoms with Gasteiger partial charge in [-0.25, -0.2) is 4.39 Å². The first-order valence-corrected chi connectivity index (χ1v) is 12.5. The third-order valence-corrected chi connectivity index (χ3v) is 6.69. The molecular weight excluding hydrogens is 447 g/mol. The highest BCUT2D eigenvalue weighted by molar-refractivity contribution is 7.99. The number of hydrogen-bond acceptors (Lipinski definition) is 3. The Hall–Kier alpha value is -2.05. The molecule has 0 aromatic heterocycles. The smallest absolute Gasteiger partial charge is 0.243 e. The number of halogens is 2. The zero-order valence-corrected chi connectivity index (χ0v) is 20.7. The summed E-state index contributed by atoms with van der Waals surface area (Å²) >= 11 is 7.40. The highest BCUT2D eigenvalue weighted by Crippen LogP contribution is 2.24. The Balaban J connectivity index is 2.16. The Kier molecular flexibility index (Phi) is 10.5. The van der Waals surface area contributed by atoms with Gasteiger partial charge in [-0.3, -0.25) is 9.59 Å². The predicted octanol–water partition coefficient (Wildman–Crippen LogP) is 5.74. The summed E-state index contributed by atoms with van der Waals surface area (Å²) in [5.74, 6) is -0.276. The van der Waals surface area contributed by atoms with E-state index in [0.29, 0.717) is 23.6 Å². The van der Waals surface area contributed by atoms with E-state index < -0.39 is 6.04 Å². The van der Waals surface area contributed by atoms with Gasteiger partial charge in [0.1, 0.15) is 11.9 Å². The van der Waals surface area contributed by atoms with E-state index in [9.17, 15) is 14.0 Å². The molecule has 4 nitrogen and oxygen atoms in total. The zero-order valence-electron chi connectivity index (χ0n) is 19.2. The molecule has 2 atom stereocenters. The molecular formula is C25H32ClFN2O2S. The average Bonchev–Trinajstić information content (AvgIpc) is 2.76. The first-order chi connectivity index (χ1) is 15.3. The fourth-order valence-electron chi connectivity index (χ4n) is 3.24. The van der Waals surface area contributed by atoms with Crippen molar-refractivity contribution >= 4 is 35.2 Å². The van der Waals surface area contributed by atoms with E-state index in [4.69, 9.17) is 11.6 Å². The second-order valence-electron chi connectivity index (χ2n) is 7.94. The lowest BCUT2D eigenvalue weighted by atomic mass is 10.1. The van der Waals surface area contributed by atoms with Crippen LogP contribution in [0.4, 0.5) is 4.39 Å². The van der Waals surface area contributed by atoms with Gasteiger partial charge >= 0.3 is 0 Å². The van der Waals surface area contributed by atoms with Crippen molar-refractivity contribution in [3.63, 3.8) is 0 Å². The van der Waals surface area contributed by atoms with Crippen molar-refractivity contribution < 1.29 is 14.0 Å². The molecule has 32 heavy (non-hydrogen) atoms. The van der Waals surface area contributed by atoms with Crippen LogP contribution in [0.25, 0.3) is 0 Å². The lowest BCUT2D eigenvalue weighted by Gasteiger charge is -2.31. The number of amides is 2. The zero-order chi connectivity index (χ0) is 23.7. The summed E-state index contributed by atoms with van der Waals surface area (Å²) in [5, 5.41) is 3.35. The maximum atomic E-state index is 14.1. The lowest BCUT2D eigenvalue weighted by Crippen LogP contribution is -2.51. The lowest BCUT2D eigenvalue weighted by molar-refractivity contribution is -0.139. The second kappa shape index (κ2) is 12.9. The first kappa shape index (κ1) is 26.2. The van der Waals surface area contributed by atoms with Crippen LogP contribution in [0.3, 0.4) is 0 Å². The highest BCUT2D eigenvalue weighted by atomic mass is 35.5. The molecule has 0 fully saturated rings. The fourth-order valence-corrected chi connectivity index (χ4v) is 4.49. The normalized spacial score (nSPS) is 12.8. The Labute approximate surface area is 199 Å². The van der Waals surface area contributed by atoms with Crippen molar-refractivity contribution in [3.8, 4) is 0 Å². The molecule has 2 aromatic rings. The van der Waals surface area contributed by atoms with Crippen LogP contribution in [0.2, 0.25) is 5.02 Å². The third-order valence-electron chi connectivity index (χ3n) is 5.39. The molecule has 2 amide bonds. The van der Waals surface area contributed by atoms with Crippen LogP contribution in [0.15, 0.2) is 42.5 Å². The molecule has 0 aliphatic rings. The molecule has 0 heterocycles. The number of carbonyl (C=O) groups excluding carboxylic acids is 2. The summed E-state index contributed by atoms with van der Waals surface area (Å²) in [6.45, 7) is 8.21. The van der Waals surface area contributed by atoms with Crippen molar-refractivity contribution in [2.45, 2.75) is 64.9 Å². The van der Waals surface area contributed by atoms with Crippen molar-refractivity contribution in [1.82, 2.24) is 10.2 Å². The van der Waals surface area contributed by atoms with Crippen molar-refractivity contribution in [2.24, 2.45) is 0 Å². The van der Waals surface area contributed by atoms with Crippen LogP contribution < -0.4 is 5.32 Å². The minimum atomic E-state index is -0.574. The molecule has 7 heteroatoms. The van der Waals surface area contributed by atoms with Crippen molar-refractivity contribution in [1.29, 1.82) is 0 Å². The topological polar surface area (TPSA) is 49.4 Å². The van der Waals surface area contributed by atoms with E-state index >= 15 is 0 Å². The fraction of sp³-hybridized carbons (Fsp3) is 0.440. The van der Waals surface area contributed by atoms with Crippen molar-refractivity contribution in [2.75, 3.05) is 5.75 Å². The Morgan fingerprint density at radius 1 is 1.12 bits per heavy atom. The van der Waals surface area contributed by atoms with E-state index in [2.05, 4.69) is 5.32 Å². The number of aryl methyl sites for hydroxylation is 1. The number of benzene rings is 2. The molecule has 2 rings (SSSR count). The summed E-state index contributed by atoms with van der Waals surface area (Å²) in [7, 11) is 0. The largest absolute Gasteiger partial charge is 0.352 e. The molecule has 0 aliphatic carbocycles. The van der Waals surface area contributed by atoms with Gasteiger partial charge < -0.3 is 10.2 Å². The summed E-state index contributed by atoms with van der Waals surface area (Å²) in [5.41, 5.74) is 2.48. The molecule has 0 saturated heterocycles. The third kappa shape index (κ3) is 7.52. The van der Waals surface area contributed by atoms with Gasteiger partial charge in [0.15, 0.2) is 0 Å². The van der Waals surface area contributed by atoms with Crippen LogP contribution >= 0.6 is 23.4 Å². The Bertz CT molecular complexity index is 887. The van der Waals surface area contributed by atoms with Crippen LogP contribution in [0.5, 0.6) is 0 Å². The molecule has 0 bridgehead atoms. The monoisotopic (exact) mass is 478 g/mol. The van der Waals surface area contributed by atoms with Gasteiger partial charge in [-0.05, 0) is 44.4 Å². The van der Waals surface area contributed by atoms with E-state index in [0.717, 1.165) is 17.5 Å². The van der Waals surface area contributed by atoms with Gasteiger partial charge in [0, 0.05) is 28.9 Å². The van der Waals surface area contributed by atoms with E-state index in [-0.39, 0.29) is 35.2 Å². The van der Waals surface area contributed by atoms with Crippen LogP contribution in [0.1, 0.15) is 50.3 Å². The van der Waals surface area contributed by atoms with Gasteiger partial charge in [0.05, 0.1) is 5.75 Å². The predicted molar refractivity (Wildman–Crippen MR) is 131 cm³/mol. The van der Waals surface area contributed by atoms with E-state index in [1.807, 2.05) is 52.0 Å². The van der Waals surface area contributed by atoms with E-state index in [1.165, 1.54) is 17.8 Å². The first-order valence-electron chi connectivity index (χ1n) is 10.9. The minimum Gasteiger partial charge on any atom is -0.352 e. The number of nitrogens with zero attached hydrogens (tertiary/aromatic N) is 1. The van der Waals surface area contributed by atoms with Gasteiger partial charge in [-0.2, -0.15) is 0 Å². The van der Waals surface area contributed by atoms with Gasteiger partial charge in [0.25, 0.3) is 0 Å². The van der Waals surface area contributed by atoms with Gasteiger partial charge in [-0.1, -0.05) is 61.3 Å². The van der Waals surface area contributed by atoms with Gasteiger partial charge in [0.2, 0.25) is 11.8 Å². The molecule has 0 saturated carbocycles. The molecule has 0 aliphatic heterocycles. The molecule has 174 valence electrons. The maximum absolute atomic E-state index is 14.1. The van der Waals surface area contributed by atoms with E-state index in [1.54, 1.807) is 17.0 Å². The molecule has 0 unspecified atom stereocenters. The quantitative estimate of drug-likeness (QED) is 0.447. The number of carbonyl (C=O) groups is 2. The highest BCUT2D eigenvalue weighted by Gasteiger charge is 2.29. The van der Waals surface area contributed by atoms with Crippen molar-refractivity contribution in [3.05, 3.63) is 70.0 Å². The summed E-state index contributed by atoms with van der Waals surface area (Å²) < 4.78 is 14.1. The van der Waals surface area contributed by atoms with Gasteiger partial charge in [-0.15, -0.1) is 11.8 Å². The maximum Gasteiger partial charge on any atom is 0.243 e. The number of thioether (sulfide) groups is 1. The number of hydrogen-bond donors (Lipinski definition) is 1. The molecule has 1 N–H and O–H groups in total.